The molecule has 0 unspecified atom stereocenters. The molecular formula is C26H27N3O3S. The number of hydrogen-bond donors (Lipinski definition) is 2. The summed E-state index contributed by atoms with van der Waals surface area (Å²) in [5.41, 5.74) is 4.78. The summed E-state index contributed by atoms with van der Waals surface area (Å²) in [5.74, 6) is 0.197. The highest BCUT2D eigenvalue weighted by Crippen LogP contribution is 2.24. The van der Waals surface area contributed by atoms with Crippen molar-refractivity contribution < 1.29 is 13.2 Å². The molecule has 0 saturated heterocycles. The first-order chi connectivity index (χ1) is 15.7. The first-order valence-electron chi connectivity index (χ1n) is 10.8. The minimum atomic E-state index is -3.41. The monoisotopic (exact) mass is 461 g/mol. The molecule has 7 heteroatoms. The van der Waals surface area contributed by atoms with Crippen molar-refractivity contribution in [3.05, 3.63) is 95.7 Å². The highest BCUT2D eigenvalue weighted by atomic mass is 32.2. The Morgan fingerprint density at radius 2 is 1.61 bits per heavy atom. The Bertz CT molecular complexity index is 1400. The topological polar surface area (TPSA) is 80.2 Å². The summed E-state index contributed by atoms with van der Waals surface area (Å²) in [6.07, 6.45) is 1.09. The molecule has 3 aromatic carbocycles. The molecule has 170 valence electrons. The number of para-hydroxylation sites is 1. The second-order valence-corrected chi connectivity index (χ2v) is 10.2. The van der Waals surface area contributed by atoms with E-state index in [0.717, 1.165) is 22.7 Å². The minimum absolute atomic E-state index is 0.262. The average Bonchev–Trinajstić information content (AvgIpc) is 3.12. The molecule has 0 fully saturated rings. The largest absolute Gasteiger partial charge is 0.332 e. The molecule has 0 aliphatic rings. The molecule has 0 atom stereocenters. The second-order valence-electron chi connectivity index (χ2n) is 8.48. The third-order valence-electron chi connectivity index (χ3n) is 5.45. The summed E-state index contributed by atoms with van der Waals surface area (Å²) < 4.78 is 27.5. The number of carbonyl (C=O) groups excluding carboxylic acids is 1. The lowest BCUT2D eigenvalue weighted by atomic mass is 10.0. The zero-order valence-electron chi connectivity index (χ0n) is 18.9. The lowest BCUT2D eigenvalue weighted by molar-refractivity contribution is 0.101. The molecule has 0 aliphatic heterocycles. The average molecular weight is 462 g/mol. The molecule has 1 aromatic heterocycles. The van der Waals surface area contributed by atoms with Crippen molar-refractivity contribution in [3.63, 3.8) is 0 Å². The van der Waals surface area contributed by atoms with E-state index in [1.54, 1.807) is 24.3 Å². The van der Waals surface area contributed by atoms with Gasteiger partial charge in [0.25, 0.3) is 5.91 Å². The maximum Gasteiger partial charge on any atom is 0.272 e. The zero-order chi connectivity index (χ0) is 23.6. The third kappa shape index (κ3) is 5.43. The highest BCUT2D eigenvalue weighted by Gasteiger charge is 2.16. The molecular weight excluding hydrogens is 434 g/mol. The summed E-state index contributed by atoms with van der Waals surface area (Å²) in [5, 5.41) is 3.88. The number of sulfonamides is 1. The summed E-state index contributed by atoms with van der Waals surface area (Å²) in [4.78, 5) is 13.3. The standard InChI is InChI=1S/C26H27N3O3S/c1-18(2)20-13-11-19(12-14-20)17-29-24-10-5-4-7-21(24)15-25(29)26(30)27-22-8-6-9-23(16-22)28-33(3,31)32/h4-16,18,28H,17H2,1-3H3,(H,27,30). The van der Waals surface area contributed by atoms with Gasteiger partial charge in [-0.2, -0.15) is 0 Å². The van der Waals surface area contributed by atoms with Gasteiger partial charge in [0.15, 0.2) is 0 Å². The van der Waals surface area contributed by atoms with Gasteiger partial charge in [0, 0.05) is 23.1 Å². The first kappa shape index (κ1) is 22.6. The number of anilines is 2. The number of nitrogens with one attached hydrogen (secondary N) is 2. The predicted octanol–water partition coefficient (Wildman–Crippen LogP) is 5.44. The van der Waals surface area contributed by atoms with Gasteiger partial charge in [-0.05, 0) is 47.4 Å². The van der Waals surface area contributed by atoms with Crippen molar-refractivity contribution in [3.8, 4) is 0 Å². The Labute approximate surface area is 194 Å². The number of aromatic nitrogens is 1. The number of rotatable bonds is 7. The smallest absolute Gasteiger partial charge is 0.272 e. The molecule has 1 heterocycles. The Morgan fingerprint density at radius 1 is 0.909 bits per heavy atom. The van der Waals surface area contributed by atoms with Crippen LogP contribution >= 0.6 is 0 Å². The van der Waals surface area contributed by atoms with Gasteiger partial charge in [-0.15, -0.1) is 0 Å². The summed E-state index contributed by atoms with van der Waals surface area (Å²) in [6.45, 7) is 4.89. The molecule has 33 heavy (non-hydrogen) atoms. The van der Waals surface area contributed by atoms with Gasteiger partial charge in [0.1, 0.15) is 5.69 Å². The molecule has 0 radical (unpaired) electrons. The maximum absolute atomic E-state index is 13.3. The van der Waals surface area contributed by atoms with E-state index in [4.69, 9.17) is 0 Å². The Morgan fingerprint density at radius 3 is 2.30 bits per heavy atom. The first-order valence-corrected chi connectivity index (χ1v) is 12.6. The second kappa shape index (κ2) is 9.11. The normalized spacial score (nSPS) is 11.6. The number of amides is 1. The summed E-state index contributed by atoms with van der Waals surface area (Å²) in [7, 11) is -3.41. The van der Waals surface area contributed by atoms with Crippen LogP contribution < -0.4 is 10.0 Å². The van der Waals surface area contributed by atoms with Crippen LogP contribution in [0.2, 0.25) is 0 Å². The van der Waals surface area contributed by atoms with Crippen LogP contribution in [0.15, 0.2) is 78.9 Å². The van der Waals surface area contributed by atoms with E-state index in [2.05, 4.69) is 48.2 Å². The number of nitrogens with zero attached hydrogens (tertiary/aromatic N) is 1. The Hall–Kier alpha value is -3.58. The molecule has 6 nitrogen and oxygen atoms in total. The fourth-order valence-corrected chi connectivity index (χ4v) is 4.38. The lowest BCUT2D eigenvalue weighted by Crippen LogP contribution is -2.18. The molecule has 0 spiro atoms. The van der Waals surface area contributed by atoms with Gasteiger partial charge in [0.2, 0.25) is 10.0 Å². The van der Waals surface area contributed by atoms with Gasteiger partial charge in [0.05, 0.1) is 11.9 Å². The third-order valence-corrected chi connectivity index (χ3v) is 6.06. The van der Waals surface area contributed by atoms with Gasteiger partial charge >= 0.3 is 0 Å². The number of benzene rings is 3. The van der Waals surface area contributed by atoms with Crippen molar-refractivity contribution in [2.45, 2.75) is 26.3 Å². The van der Waals surface area contributed by atoms with Crippen LogP contribution in [0.4, 0.5) is 11.4 Å². The van der Waals surface area contributed by atoms with E-state index < -0.39 is 10.0 Å². The van der Waals surface area contributed by atoms with Crippen LogP contribution in [-0.4, -0.2) is 25.1 Å². The van der Waals surface area contributed by atoms with Crippen molar-refractivity contribution in [1.29, 1.82) is 0 Å². The molecule has 4 rings (SSSR count). The van der Waals surface area contributed by atoms with E-state index in [9.17, 15) is 13.2 Å². The van der Waals surface area contributed by atoms with Crippen molar-refractivity contribution in [2.24, 2.45) is 0 Å². The molecule has 2 N–H and O–H groups in total. The van der Waals surface area contributed by atoms with Crippen LogP contribution in [0, 0.1) is 0 Å². The quantitative estimate of drug-likeness (QED) is 0.385. The lowest BCUT2D eigenvalue weighted by Gasteiger charge is -2.13. The number of fused-ring (bicyclic) bond motifs is 1. The van der Waals surface area contributed by atoms with Gasteiger partial charge in [-0.3, -0.25) is 9.52 Å². The Balaban J connectivity index is 1.65. The fraction of sp³-hybridized carbons (Fsp3) is 0.192. The van der Waals surface area contributed by atoms with E-state index in [0.29, 0.717) is 29.5 Å². The maximum atomic E-state index is 13.3. The molecule has 1 amide bonds. The van der Waals surface area contributed by atoms with E-state index >= 15 is 0 Å². The highest BCUT2D eigenvalue weighted by molar-refractivity contribution is 7.92. The number of hydrogen-bond acceptors (Lipinski definition) is 3. The fourth-order valence-electron chi connectivity index (χ4n) is 3.83. The summed E-state index contributed by atoms with van der Waals surface area (Å²) in [6, 6.07) is 24.9. The number of carbonyl (C=O) groups is 1. The van der Waals surface area contributed by atoms with Crippen LogP contribution in [0.25, 0.3) is 10.9 Å². The van der Waals surface area contributed by atoms with Crippen molar-refractivity contribution >= 4 is 38.2 Å². The van der Waals surface area contributed by atoms with Crippen molar-refractivity contribution in [2.75, 3.05) is 16.3 Å². The van der Waals surface area contributed by atoms with E-state index in [1.165, 1.54) is 5.56 Å². The predicted molar refractivity (Wildman–Crippen MR) is 134 cm³/mol. The van der Waals surface area contributed by atoms with Gasteiger partial charge in [-0.25, -0.2) is 8.42 Å². The molecule has 0 aliphatic carbocycles. The minimum Gasteiger partial charge on any atom is -0.332 e. The van der Waals surface area contributed by atoms with Gasteiger partial charge in [-0.1, -0.05) is 62.4 Å². The van der Waals surface area contributed by atoms with E-state index in [1.807, 2.05) is 34.9 Å². The van der Waals surface area contributed by atoms with Crippen LogP contribution in [-0.2, 0) is 16.6 Å². The summed E-state index contributed by atoms with van der Waals surface area (Å²) >= 11 is 0. The van der Waals surface area contributed by atoms with Crippen LogP contribution in [0.5, 0.6) is 0 Å². The van der Waals surface area contributed by atoms with Crippen LogP contribution in [0.3, 0.4) is 0 Å². The molecule has 4 aromatic rings. The van der Waals surface area contributed by atoms with Crippen LogP contribution in [0.1, 0.15) is 41.4 Å². The zero-order valence-corrected chi connectivity index (χ0v) is 19.7. The van der Waals surface area contributed by atoms with Crippen molar-refractivity contribution in [1.82, 2.24) is 4.57 Å². The van der Waals surface area contributed by atoms with Gasteiger partial charge < -0.3 is 9.88 Å². The van der Waals surface area contributed by atoms with E-state index in [-0.39, 0.29) is 5.91 Å². The SMILES string of the molecule is CC(C)c1ccc(Cn2c(C(=O)Nc3cccc(NS(C)(=O)=O)c3)cc3ccccc32)cc1. The Kier molecular flexibility index (Phi) is 6.24. The molecule has 0 bridgehead atoms. The molecule has 0 saturated carbocycles.